The average Bonchev–Trinajstić information content (AvgIpc) is 2.75. The van der Waals surface area contributed by atoms with Crippen LogP contribution in [-0.4, -0.2) is 47.6 Å². The monoisotopic (exact) mass is 431 g/mol. The molecule has 0 heterocycles. The molecule has 0 spiro atoms. The molecule has 0 aromatic heterocycles. The fraction of sp³-hybridized carbons (Fsp3) is 0.409. The van der Waals surface area contributed by atoms with Gasteiger partial charge in [0.15, 0.2) is 5.96 Å². The first kappa shape index (κ1) is 23.7. The fourth-order valence-corrected chi connectivity index (χ4v) is 3.74. The highest BCUT2D eigenvalue weighted by Crippen LogP contribution is 2.15. The topological polar surface area (TPSA) is 85.8 Å². The first-order valence-electron chi connectivity index (χ1n) is 10.3. The number of anilines is 1. The Balaban J connectivity index is 1.95. The predicted molar refractivity (Wildman–Crippen MR) is 125 cm³/mol. The van der Waals surface area contributed by atoms with E-state index in [1.807, 2.05) is 6.92 Å². The fourth-order valence-electron chi connectivity index (χ4n) is 3.01. The van der Waals surface area contributed by atoms with Crippen LogP contribution in [0.15, 0.2) is 58.4 Å². The van der Waals surface area contributed by atoms with Gasteiger partial charge in [-0.1, -0.05) is 24.3 Å². The molecule has 0 fully saturated rings. The molecule has 3 N–H and O–H groups in total. The maximum Gasteiger partial charge on any atom is 0.240 e. The zero-order valence-corrected chi connectivity index (χ0v) is 19.1. The van der Waals surface area contributed by atoms with Crippen molar-refractivity contribution in [1.29, 1.82) is 0 Å². The predicted octanol–water partition coefficient (Wildman–Crippen LogP) is 2.48. The SMILES string of the molecule is CCNC(=NCc1ccc(S(=O)(=O)NC)cc1)NCCN(CC)c1cccc(C)c1. The Kier molecular flexibility index (Phi) is 9.14. The summed E-state index contributed by atoms with van der Waals surface area (Å²) >= 11 is 0. The minimum atomic E-state index is -3.42. The van der Waals surface area contributed by atoms with Crippen LogP contribution in [-0.2, 0) is 16.6 Å². The lowest BCUT2D eigenvalue weighted by Crippen LogP contribution is -2.41. The number of benzene rings is 2. The highest BCUT2D eigenvalue weighted by atomic mass is 32.2. The van der Waals surface area contributed by atoms with Crippen LogP contribution in [0.2, 0.25) is 0 Å². The van der Waals surface area contributed by atoms with Crippen LogP contribution < -0.4 is 20.3 Å². The quantitative estimate of drug-likeness (QED) is 0.398. The van der Waals surface area contributed by atoms with Crippen molar-refractivity contribution in [3.05, 3.63) is 59.7 Å². The smallest absolute Gasteiger partial charge is 0.240 e. The summed E-state index contributed by atoms with van der Waals surface area (Å²) < 4.78 is 26.0. The Morgan fingerprint density at radius 3 is 2.40 bits per heavy atom. The Hall–Kier alpha value is -2.58. The van der Waals surface area contributed by atoms with Gasteiger partial charge in [0.2, 0.25) is 10.0 Å². The third-order valence-electron chi connectivity index (χ3n) is 4.69. The molecule has 0 radical (unpaired) electrons. The van der Waals surface area contributed by atoms with E-state index in [0.717, 1.165) is 37.7 Å². The molecular formula is C22H33N5O2S. The minimum absolute atomic E-state index is 0.249. The van der Waals surface area contributed by atoms with Crippen LogP contribution in [0.5, 0.6) is 0 Å². The zero-order valence-electron chi connectivity index (χ0n) is 18.3. The number of guanidine groups is 1. The van der Waals surface area contributed by atoms with Crippen molar-refractivity contribution in [1.82, 2.24) is 15.4 Å². The molecule has 0 amide bonds. The van der Waals surface area contributed by atoms with E-state index < -0.39 is 10.0 Å². The van der Waals surface area contributed by atoms with Crippen molar-refractivity contribution in [3.63, 3.8) is 0 Å². The molecule has 2 rings (SSSR count). The molecule has 8 heteroatoms. The van der Waals surface area contributed by atoms with Gasteiger partial charge in [0.05, 0.1) is 11.4 Å². The molecule has 0 aliphatic rings. The third-order valence-corrected chi connectivity index (χ3v) is 6.12. The molecule has 0 saturated heterocycles. The van der Waals surface area contributed by atoms with Crippen LogP contribution in [0.25, 0.3) is 0 Å². The number of likely N-dealkylation sites (N-methyl/N-ethyl adjacent to an activating group) is 1. The molecule has 30 heavy (non-hydrogen) atoms. The number of rotatable bonds is 10. The van der Waals surface area contributed by atoms with Gasteiger partial charge in [0, 0.05) is 31.9 Å². The minimum Gasteiger partial charge on any atom is -0.370 e. The van der Waals surface area contributed by atoms with Crippen LogP contribution in [0, 0.1) is 6.92 Å². The van der Waals surface area contributed by atoms with Gasteiger partial charge < -0.3 is 15.5 Å². The van der Waals surface area contributed by atoms with Crippen molar-refractivity contribution in [2.75, 3.05) is 38.1 Å². The van der Waals surface area contributed by atoms with Crippen molar-refractivity contribution in [2.24, 2.45) is 4.99 Å². The second-order valence-electron chi connectivity index (χ2n) is 6.89. The second kappa shape index (κ2) is 11.6. The maximum atomic E-state index is 11.8. The molecule has 0 aliphatic heterocycles. The molecule has 0 aliphatic carbocycles. The van der Waals surface area contributed by atoms with E-state index in [4.69, 9.17) is 0 Å². The molecular weight excluding hydrogens is 398 g/mol. The van der Waals surface area contributed by atoms with E-state index in [1.165, 1.54) is 18.3 Å². The summed E-state index contributed by atoms with van der Waals surface area (Å²) in [5, 5.41) is 6.63. The van der Waals surface area contributed by atoms with Gasteiger partial charge in [0.1, 0.15) is 0 Å². The van der Waals surface area contributed by atoms with E-state index in [0.29, 0.717) is 6.54 Å². The number of nitrogens with zero attached hydrogens (tertiary/aromatic N) is 2. The lowest BCUT2D eigenvalue weighted by atomic mass is 10.2. The lowest BCUT2D eigenvalue weighted by Gasteiger charge is -2.24. The molecule has 0 bridgehead atoms. The van der Waals surface area contributed by atoms with E-state index >= 15 is 0 Å². The first-order valence-corrected chi connectivity index (χ1v) is 11.7. The van der Waals surface area contributed by atoms with Crippen LogP contribution in [0.1, 0.15) is 25.0 Å². The van der Waals surface area contributed by atoms with E-state index in [-0.39, 0.29) is 4.90 Å². The van der Waals surface area contributed by atoms with Gasteiger partial charge in [-0.3, -0.25) is 0 Å². The van der Waals surface area contributed by atoms with Crippen molar-refractivity contribution >= 4 is 21.7 Å². The summed E-state index contributed by atoms with van der Waals surface area (Å²) in [5.41, 5.74) is 3.41. The molecule has 2 aromatic carbocycles. The summed E-state index contributed by atoms with van der Waals surface area (Å²) in [6.07, 6.45) is 0. The first-order chi connectivity index (χ1) is 14.4. The lowest BCUT2D eigenvalue weighted by molar-refractivity contribution is 0.588. The Bertz CT molecular complexity index is 927. The zero-order chi connectivity index (χ0) is 22.0. The summed E-state index contributed by atoms with van der Waals surface area (Å²) in [4.78, 5) is 7.19. The molecule has 0 saturated carbocycles. The maximum absolute atomic E-state index is 11.8. The molecule has 0 unspecified atom stereocenters. The van der Waals surface area contributed by atoms with Crippen molar-refractivity contribution in [2.45, 2.75) is 32.2 Å². The van der Waals surface area contributed by atoms with Gasteiger partial charge in [-0.2, -0.15) is 0 Å². The summed E-state index contributed by atoms with van der Waals surface area (Å²) in [7, 11) is -2.02. The van der Waals surface area contributed by atoms with E-state index in [9.17, 15) is 8.42 Å². The highest BCUT2D eigenvalue weighted by molar-refractivity contribution is 7.89. The van der Waals surface area contributed by atoms with Crippen molar-refractivity contribution in [3.8, 4) is 0 Å². The van der Waals surface area contributed by atoms with Gasteiger partial charge in [-0.15, -0.1) is 0 Å². The van der Waals surface area contributed by atoms with Crippen LogP contribution in [0.3, 0.4) is 0 Å². The number of hydrogen-bond donors (Lipinski definition) is 3. The largest absolute Gasteiger partial charge is 0.370 e. The Morgan fingerprint density at radius 2 is 1.80 bits per heavy atom. The second-order valence-corrected chi connectivity index (χ2v) is 8.78. The number of nitrogens with one attached hydrogen (secondary N) is 3. The van der Waals surface area contributed by atoms with E-state index in [1.54, 1.807) is 24.3 Å². The molecule has 164 valence electrons. The Morgan fingerprint density at radius 1 is 1.07 bits per heavy atom. The normalized spacial score (nSPS) is 11.9. The van der Waals surface area contributed by atoms with Gasteiger partial charge in [0.25, 0.3) is 0 Å². The van der Waals surface area contributed by atoms with Crippen LogP contribution in [0.4, 0.5) is 5.69 Å². The van der Waals surface area contributed by atoms with E-state index in [2.05, 4.69) is 63.4 Å². The summed E-state index contributed by atoms with van der Waals surface area (Å²) in [5.74, 6) is 0.740. The molecule has 0 atom stereocenters. The van der Waals surface area contributed by atoms with Gasteiger partial charge in [-0.05, 0) is 63.2 Å². The average molecular weight is 432 g/mol. The number of aryl methyl sites for hydroxylation is 1. The van der Waals surface area contributed by atoms with Gasteiger partial charge in [-0.25, -0.2) is 18.1 Å². The number of aliphatic imine (C=N–C) groups is 1. The highest BCUT2D eigenvalue weighted by Gasteiger charge is 2.10. The van der Waals surface area contributed by atoms with Crippen molar-refractivity contribution < 1.29 is 8.42 Å². The summed E-state index contributed by atoms with van der Waals surface area (Å²) in [6.45, 7) is 10.1. The third kappa shape index (κ3) is 7.03. The van der Waals surface area contributed by atoms with Crippen LogP contribution >= 0.6 is 0 Å². The summed E-state index contributed by atoms with van der Waals surface area (Å²) in [6, 6.07) is 15.3. The number of hydrogen-bond acceptors (Lipinski definition) is 4. The van der Waals surface area contributed by atoms with Gasteiger partial charge >= 0.3 is 0 Å². The molecule has 2 aromatic rings. The standard InChI is InChI=1S/C22H33N5O2S/c1-5-24-22(25-14-15-27(6-2)20-9-7-8-18(3)16-20)26-17-19-10-12-21(13-11-19)30(28,29)23-4/h7-13,16,23H,5-6,14-15,17H2,1-4H3,(H2,24,25,26). The Labute approximate surface area is 180 Å². The molecule has 7 nitrogen and oxygen atoms in total. The number of sulfonamides is 1.